The highest BCUT2D eigenvalue weighted by molar-refractivity contribution is 5.45. The van der Waals surface area contributed by atoms with Crippen LogP contribution in [0.25, 0.3) is 5.69 Å². The first-order valence-corrected chi connectivity index (χ1v) is 4.68. The van der Waals surface area contributed by atoms with E-state index >= 15 is 0 Å². The average Bonchev–Trinajstić information content (AvgIpc) is 2.60. The zero-order chi connectivity index (χ0) is 10.8. The quantitative estimate of drug-likeness (QED) is 0.809. The fraction of sp³-hybridized carbons (Fsp3) is 0.182. The molecule has 2 N–H and O–H groups in total. The molecule has 15 heavy (non-hydrogen) atoms. The van der Waals surface area contributed by atoms with E-state index in [1.807, 2.05) is 31.2 Å². The molecule has 0 aliphatic heterocycles. The summed E-state index contributed by atoms with van der Waals surface area (Å²) in [4.78, 5) is 0. The van der Waals surface area contributed by atoms with Gasteiger partial charge >= 0.3 is 0 Å². The molecule has 4 nitrogen and oxygen atoms in total. The summed E-state index contributed by atoms with van der Waals surface area (Å²) >= 11 is 0. The van der Waals surface area contributed by atoms with Gasteiger partial charge in [0.25, 0.3) is 0 Å². The maximum atomic E-state index is 5.63. The van der Waals surface area contributed by atoms with Crippen molar-refractivity contribution in [3.05, 3.63) is 35.9 Å². The smallest absolute Gasteiger partial charge is 0.218 e. The second-order valence-corrected chi connectivity index (χ2v) is 3.31. The summed E-state index contributed by atoms with van der Waals surface area (Å²) in [5.74, 6) is 1.09. The Morgan fingerprint density at radius 2 is 2.07 bits per heavy atom. The summed E-state index contributed by atoms with van der Waals surface area (Å²) in [6, 6.07) is 9.64. The summed E-state index contributed by atoms with van der Waals surface area (Å²) in [6.07, 6.45) is 0. The van der Waals surface area contributed by atoms with Crippen LogP contribution in [0.2, 0.25) is 0 Å². The molecule has 0 bridgehead atoms. The fourth-order valence-corrected chi connectivity index (χ4v) is 1.50. The molecule has 0 saturated carbocycles. The van der Waals surface area contributed by atoms with Gasteiger partial charge in [0, 0.05) is 6.07 Å². The number of benzene rings is 1. The molecule has 4 heteroatoms. The first-order chi connectivity index (χ1) is 7.22. The third-order valence-electron chi connectivity index (χ3n) is 2.25. The van der Waals surface area contributed by atoms with E-state index in [4.69, 9.17) is 10.5 Å². The number of nitrogen functional groups attached to an aromatic ring is 1. The zero-order valence-corrected chi connectivity index (χ0v) is 8.77. The lowest BCUT2D eigenvalue weighted by Crippen LogP contribution is -2.02. The molecule has 1 aromatic carbocycles. The second kappa shape index (κ2) is 3.65. The van der Waals surface area contributed by atoms with Crippen molar-refractivity contribution in [3.8, 4) is 11.6 Å². The van der Waals surface area contributed by atoms with Crippen molar-refractivity contribution in [2.75, 3.05) is 12.8 Å². The summed E-state index contributed by atoms with van der Waals surface area (Å²) in [6.45, 7) is 2.02. The minimum absolute atomic E-state index is 0.454. The molecular weight excluding hydrogens is 190 g/mol. The number of aromatic nitrogens is 2. The highest BCUT2D eigenvalue weighted by Crippen LogP contribution is 2.22. The summed E-state index contributed by atoms with van der Waals surface area (Å²) in [5, 5.41) is 4.18. The van der Waals surface area contributed by atoms with Crippen LogP contribution in [0.15, 0.2) is 30.3 Å². The van der Waals surface area contributed by atoms with Crippen molar-refractivity contribution in [2.45, 2.75) is 6.92 Å². The molecule has 0 fully saturated rings. The lowest BCUT2D eigenvalue weighted by atomic mass is 10.2. The fourth-order valence-electron chi connectivity index (χ4n) is 1.50. The van der Waals surface area contributed by atoms with Gasteiger partial charge in [-0.3, -0.25) is 0 Å². The first-order valence-electron chi connectivity index (χ1n) is 4.68. The van der Waals surface area contributed by atoms with Crippen LogP contribution in [-0.2, 0) is 0 Å². The number of nitrogens with two attached hydrogens (primary N) is 1. The van der Waals surface area contributed by atoms with Crippen molar-refractivity contribution < 1.29 is 4.74 Å². The normalized spacial score (nSPS) is 10.3. The maximum absolute atomic E-state index is 5.63. The Morgan fingerprint density at radius 1 is 1.33 bits per heavy atom. The summed E-state index contributed by atoms with van der Waals surface area (Å²) < 4.78 is 6.90. The Bertz CT molecular complexity index is 476. The van der Waals surface area contributed by atoms with Gasteiger partial charge in [0.2, 0.25) is 5.88 Å². The molecule has 1 aromatic heterocycles. The van der Waals surface area contributed by atoms with Crippen molar-refractivity contribution in [1.29, 1.82) is 0 Å². The Labute approximate surface area is 88.3 Å². The molecule has 0 aliphatic rings. The topological polar surface area (TPSA) is 53.1 Å². The molecule has 0 saturated heterocycles. The van der Waals surface area contributed by atoms with Gasteiger partial charge in [0.05, 0.1) is 12.8 Å². The highest BCUT2D eigenvalue weighted by atomic mass is 16.5. The molecule has 0 aliphatic carbocycles. The minimum Gasteiger partial charge on any atom is -0.481 e. The molecule has 0 unspecified atom stereocenters. The predicted octanol–water partition coefficient (Wildman–Crippen LogP) is 1.77. The molecule has 2 rings (SSSR count). The van der Waals surface area contributed by atoms with E-state index in [9.17, 15) is 0 Å². The minimum atomic E-state index is 0.454. The van der Waals surface area contributed by atoms with Crippen molar-refractivity contribution in [1.82, 2.24) is 9.78 Å². The average molecular weight is 203 g/mol. The number of hydrogen-bond acceptors (Lipinski definition) is 3. The van der Waals surface area contributed by atoms with Crippen molar-refractivity contribution >= 4 is 5.82 Å². The lowest BCUT2D eigenvalue weighted by Gasteiger charge is -2.08. The van der Waals surface area contributed by atoms with Gasteiger partial charge in [-0.05, 0) is 18.6 Å². The number of rotatable bonds is 2. The number of aryl methyl sites for hydroxylation is 1. The third kappa shape index (κ3) is 1.66. The SMILES string of the molecule is COc1cc(N)nn1-c1ccccc1C. The number of ether oxygens (including phenoxy) is 1. The van der Waals surface area contributed by atoms with Gasteiger partial charge < -0.3 is 10.5 Å². The van der Waals surface area contributed by atoms with Gasteiger partial charge in [-0.15, -0.1) is 5.10 Å². The van der Waals surface area contributed by atoms with Crippen LogP contribution in [0.4, 0.5) is 5.82 Å². The van der Waals surface area contributed by atoms with Crippen LogP contribution >= 0.6 is 0 Å². The van der Waals surface area contributed by atoms with Crippen molar-refractivity contribution in [3.63, 3.8) is 0 Å². The Morgan fingerprint density at radius 3 is 2.73 bits per heavy atom. The van der Waals surface area contributed by atoms with Crippen LogP contribution < -0.4 is 10.5 Å². The van der Waals surface area contributed by atoms with Crippen LogP contribution in [0.3, 0.4) is 0 Å². The standard InChI is InChI=1S/C11H13N3O/c1-8-5-3-4-6-9(8)14-11(15-2)7-10(12)13-14/h3-7H,1-2H3,(H2,12,13). The molecular formula is C11H13N3O. The largest absolute Gasteiger partial charge is 0.481 e. The van der Waals surface area contributed by atoms with E-state index in [1.165, 1.54) is 0 Å². The van der Waals surface area contributed by atoms with E-state index in [-0.39, 0.29) is 0 Å². The van der Waals surface area contributed by atoms with E-state index in [0.717, 1.165) is 11.3 Å². The van der Waals surface area contributed by atoms with Gasteiger partial charge in [-0.2, -0.15) is 4.68 Å². The lowest BCUT2D eigenvalue weighted by molar-refractivity contribution is 0.383. The Hall–Kier alpha value is -1.97. The number of methoxy groups -OCH3 is 1. The molecule has 78 valence electrons. The molecule has 0 amide bonds. The number of hydrogen-bond donors (Lipinski definition) is 1. The summed E-state index contributed by atoms with van der Waals surface area (Å²) in [5.41, 5.74) is 7.73. The third-order valence-corrected chi connectivity index (χ3v) is 2.25. The molecule has 0 radical (unpaired) electrons. The van der Waals surface area contributed by atoms with Gasteiger partial charge in [-0.1, -0.05) is 18.2 Å². The van der Waals surface area contributed by atoms with E-state index < -0.39 is 0 Å². The molecule has 0 atom stereocenters. The number of para-hydroxylation sites is 1. The molecule has 1 heterocycles. The molecule has 2 aromatic rings. The monoisotopic (exact) mass is 203 g/mol. The van der Waals surface area contributed by atoms with E-state index in [2.05, 4.69) is 5.10 Å². The van der Waals surface area contributed by atoms with Crippen LogP contribution in [-0.4, -0.2) is 16.9 Å². The second-order valence-electron chi connectivity index (χ2n) is 3.31. The van der Waals surface area contributed by atoms with Gasteiger partial charge in [0.1, 0.15) is 5.82 Å². The Kier molecular flexibility index (Phi) is 2.33. The zero-order valence-electron chi connectivity index (χ0n) is 8.77. The maximum Gasteiger partial charge on any atom is 0.218 e. The first kappa shape index (κ1) is 9.58. The Balaban J connectivity index is 2.58. The number of anilines is 1. The molecule has 0 spiro atoms. The van der Waals surface area contributed by atoms with Gasteiger partial charge in [-0.25, -0.2) is 0 Å². The predicted molar refractivity (Wildman–Crippen MR) is 59.3 cm³/mol. The van der Waals surface area contributed by atoms with Crippen LogP contribution in [0.5, 0.6) is 5.88 Å². The van der Waals surface area contributed by atoms with E-state index in [1.54, 1.807) is 17.9 Å². The van der Waals surface area contributed by atoms with Gasteiger partial charge in [0.15, 0.2) is 0 Å². The van der Waals surface area contributed by atoms with Crippen LogP contribution in [0.1, 0.15) is 5.56 Å². The van der Waals surface area contributed by atoms with Crippen molar-refractivity contribution in [2.24, 2.45) is 0 Å². The summed E-state index contributed by atoms with van der Waals surface area (Å²) in [7, 11) is 1.60. The van der Waals surface area contributed by atoms with E-state index in [0.29, 0.717) is 11.7 Å². The highest BCUT2D eigenvalue weighted by Gasteiger charge is 2.09. The van der Waals surface area contributed by atoms with Crippen LogP contribution in [0, 0.1) is 6.92 Å². The number of nitrogens with zero attached hydrogens (tertiary/aromatic N) is 2.